The van der Waals surface area contributed by atoms with Crippen LogP contribution in [-0.2, 0) is 6.42 Å². The van der Waals surface area contributed by atoms with Gasteiger partial charge in [0.2, 0.25) is 0 Å². The molecule has 0 fully saturated rings. The van der Waals surface area contributed by atoms with E-state index in [4.69, 9.17) is 26.8 Å². The molecule has 0 aliphatic rings. The number of aryl methyl sites for hydroxylation is 1. The Morgan fingerprint density at radius 1 is 1.19 bits per heavy atom. The minimum atomic E-state index is -0.257. The topological polar surface area (TPSA) is 44.5 Å². The molecule has 2 aromatic carbocycles. The van der Waals surface area contributed by atoms with Gasteiger partial charge in [-0.15, -0.1) is 0 Å². The van der Waals surface area contributed by atoms with Gasteiger partial charge in [-0.3, -0.25) is 0 Å². The second kappa shape index (κ2) is 7.34. The number of para-hydroxylation sites is 1. The summed E-state index contributed by atoms with van der Waals surface area (Å²) in [4.78, 5) is 0. The molecule has 112 valence electrons. The Labute approximate surface area is 130 Å². The molecule has 0 spiro atoms. The van der Waals surface area contributed by atoms with Crippen LogP contribution in [0.1, 0.15) is 24.2 Å². The van der Waals surface area contributed by atoms with E-state index in [2.05, 4.69) is 6.92 Å². The van der Waals surface area contributed by atoms with Crippen molar-refractivity contribution < 1.29 is 9.47 Å². The Kier molecular flexibility index (Phi) is 5.48. The fourth-order valence-corrected chi connectivity index (χ4v) is 2.48. The molecule has 0 radical (unpaired) electrons. The zero-order chi connectivity index (χ0) is 15.2. The maximum atomic E-state index is 6.13. The highest BCUT2D eigenvalue weighted by Crippen LogP contribution is 2.30. The average Bonchev–Trinajstić information content (AvgIpc) is 2.54. The Balaban J connectivity index is 2.27. The highest BCUT2D eigenvalue weighted by atomic mass is 35.5. The number of halogens is 1. The lowest BCUT2D eigenvalue weighted by Crippen LogP contribution is -2.19. The number of hydrogen-bond acceptors (Lipinski definition) is 3. The van der Waals surface area contributed by atoms with Crippen LogP contribution in [0.25, 0.3) is 0 Å². The molecule has 1 atom stereocenters. The highest BCUT2D eigenvalue weighted by molar-refractivity contribution is 6.31. The van der Waals surface area contributed by atoms with Crippen molar-refractivity contribution in [1.82, 2.24) is 0 Å². The van der Waals surface area contributed by atoms with Crippen LogP contribution in [0.2, 0.25) is 5.02 Å². The quantitative estimate of drug-likeness (QED) is 0.877. The third kappa shape index (κ3) is 3.69. The second-order valence-electron chi connectivity index (χ2n) is 4.69. The molecule has 0 heterocycles. The molecule has 2 N–H and O–H groups in total. The zero-order valence-corrected chi connectivity index (χ0v) is 13.1. The van der Waals surface area contributed by atoms with Gasteiger partial charge in [0.25, 0.3) is 0 Å². The summed E-state index contributed by atoms with van der Waals surface area (Å²) in [5, 5.41) is 0.756. The van der Waals surface area contributed by atoms with Crippen molar-refractivity contribution >= 4 is 11.6 Å². The van der Waals surface area contributed by atoms with Crippen LogP contribution in [0, 0.1) is 0 Å². The summed E-state index contributed by atoms with van der Waals surface area (Å²) < 4.78 is 11.4. The number of benzene rings is 2. The lowest BCUT2D eigenvalue weighted by molar-refractivity contribution is 0.208. The van der Waals surface area contributed by atoms with Gasteiger partial charge in [-0.1, -0.05) is 36.7 Å². The van der Waals surface area contributed by atoms with E-state index in [9.17, 15) is 0 Å². The molecule has 0 bridgehead atoms. The molecule has 3 nitrogen and oxygen atoms in total. The van der Waals surface area contributed by atoms with E-state index in [0.29, 0.717) is 6.54 Å². The maximum Gasteiger partial charge on any atom is 0.139 e. The molecule has 1 unspecified atom stereocenters. The Morgan fingerprint density at radius 3 is 2.62 bits per heavy atom. The Hall–Kier alpha value is -1.71. The third-order valence-corrected chi connectivity index (χ3v) is 3.75. The normalized spacial score (nSPS) is 12.0. The SMILES string of the molecule is CCc1cc(OC(CN)c2ccccc2OC)ccc1Cl. The van der Waals surface area contributed by atoms with Gasteiger partial charge in [0.15, 0.2) is 0 Å². The van der Waals surface area contributed by atoms with Crippen molar-refractivity contribution in [2.45, 2.75) is 19.4 Å². The first-order chi connectivity index (χ1) is 10.2. The summed E-state index contributed by atoms with van der Waals surface area (Å²) in [5.41, 5.74) is 7.87. The summed E-state index contributed by atoms with van der Waals surface area (Å²) in [5.74, 6) is 1.54. The van der Waals surface area contributed by atoms with Gasteiger partial charge in [0.05, 0.1) is 7.11 Å². The van der Waals surface area contributed by atoms with E-state index in [1.165, 1.54) is 0 Å². The van der Waals surface area contributed by atoms with Crippen LogP contribution < -0.4 is 15.2 Å². The van der Waals surface area contributed by atoms with Gasteiger partial charge in [-0.2, -0.15) is 0 Å². The van der Waals surface area contributed by atoms with Crippen molar-refractivity contribution in [3.63, 3.8) is 0 Å². The van der Waals surface area contributed by atoms with Crippen LogP contribution in [0.5, 0.6) is 11.5 Å². The van der Waals surface area contributed by atoms with E-state index < -0.39 is 0 Å². The summed E-state index contributed by atoms with van der Waals surface area (Å²) in [7, 11) is 1.64. The van der Waals surface area contributed by atoms with Gasteiger partial charge in [-0.25, -0.2) is 0 Å². The first kappa shape index (κ1) is 15.7. The maximum absolute atomic E-state index is 6.13. The fourth-order valence-electron chi connectivity index (χ4n) is 2.23. The number of ether oxygens (including phenoxy) is 2. The Bertz CT molecular complexity index is 601. The highest BCUT2D eigenvalue weighted by Gasteiger charge is 2.16. The fraction of sp³-hybridized carbons (Fsp3) is 0.294. The van der Waals surface area contributed by atoms with Crippen LogP contribution in [-0.4, -0.2) is 13.7 Å². The summed E-state index contributed by atoms with van der Waals surface area (Å²) in [6, 6.07) is 13.4. The molecular formula is C17H20ClNO2. The molecule has 0 aromatic heterocycles. The molecule has 0 amide bonds. The molecule has 0 saturated carbocycles. The lowest BCUT2D eigenvalue weighted by Gasteiger charge is -2.20. The number of nitrogens with two attached hydrogens (primary N) is 1. The minimum absolute atomic E-state index is 0.257. The van der Waals surface area contributed by atoms with Crippen LogP contribution >= 0.6 is 11.6 Å². The van der Waals surface area contributed by atoms with Crippen molar-refractivity contribution in [2.75, 3.05) is 13.7 Å². The van der Waals surface area contributed by atoms with Gasteiger partial charge in [-0.05, 0) is 36.2 Å². The first-order valence-corrected chi connectivity index (χ1v) is 7.35. The summed E-state index contributed by atoms with van der Waals surface area (Å²) in [6.45, 7) is 2.43. The van der Waals surface area contributed by atoms with Crippen LogP contribution in [0.4, 0.5) is 0 Å². The van der Waals surface area contributed by atoms with Gasteiger partial charge >= 0.3 is 0 Å². The number of rotatable bonds is 6. The van der Waals surface area contributed by atoms with E-state index in [1.54, 1.807) is 7.11 Å². The molecule has 2 rings (SSSR count). The van der Waals surface area contributed by atoms with Crippen LogP contribution in [0.15, 0.2) is 42.5 Å². The predicted octanol–water partition coefficient (Wildman–Crippen LogP) is 3.99. The summed E-state index contributed by atoms with van der Waals surface area (Å²) >= 11 is 6.13. The average molecular weight is 306 g/mol. The van der Waals surface area contributed by atoms with Gasteiger partial charge in [0, 0.05) is 17.1 Å². The van der Waals surface area contributed by atoms with E-state index >= 15 is 0 Å². The van der Waals surface area contributed by atoms with Crippen LogP contribution in [0.3, 0.4) is 0 Å². The second-order valence-corrected chi connectivity index (χ2v) is 5.10. The lowest BCUT2D eigenvalue weighted by atomic mass is 10.1. The Morgan fingerprint density at radius 2 is 1.95 bits per heavy atom. The van der Waals surface area contributed by atoms with E-state index in [0.717, 1.165) is 34.1 Å². The minimum Gasteiger partial charge on any atom is -0.496 e. The largest absolute Gasteiger partial charge is 0.496 e. The summed E-state index contributed by atoms with van der Waals surface area (Å²) in [6.07, 6.45) is 0.602. The smallest absolute Gasteiger partial charge is 0.139 e. The molecule has 2 aromatic rings. The third-order valence-electron chi connectivity index (χ3n) is 3.38. The molecule has 0 aliphatic heterocycles. The number of methoxy groups -OCH3 is 1. The monoisotopic (exact) mass is 305 g/mol. The van der Waals surface area contributed by atoms with E-state index in [-0.39, 0.29) is 6.10 Å². The molecule has 0 saturated heterocycles. The van der Waals surface area contributed by atoms with Crippen molar-refractivity contribution in [3.8, 4) is 11.5 Å². The molecular weight excluding hydrogens is 286 g/mol. The number of hydrogen-bond donors (Lipinski definition) is 1. The zero-order valence-electron chi connectivity index (χ0n) is 12.3. The predicted molar refractivity (Wildman–Crippen MR) is 86.2 cm³/mol. The first-order valence-electron chi connectivity index (χ1n) is 6.97. The van der Waals surface area contributed by atoms with Crippen molar-refractivity contribution in [2.24, 2.45) is 5.73 Å². The van der Waals surface area contributed by atoms with Crippen molar-refractivity contribution in [1.29, 1.82) is 0 Å². The van der Waals surface area contributed by atoms with Gasteiger partial charge in [0.1, 0.15) is 17.6 Å². The van der Waals surface area contributed by atoms with Gasteiger partial charge < -0.3 is 15.2 Å². The van der Waals surface area contributed by atoms with Crippen molar-refractivity contribution in [3.05, 3.63) is 58.6 Å². The van der Waals surface area contributed by atoms with E-state index in [1.807, 2.05) is 42.5 Å². The standard InChI is InChI=1S/C17H20ClNO2/c1-3-12-10-13(8-9-15(12)18)21-17(11-19)14-6-4-5-7-16(14)20-2/h4-10,17H,3,11,19H2,1-2H3. The molecule has 21 heavy (non-hydrogen) atoms. The molecule has 4 heteroatoms. The molecule has 0 aliphatic carbocycles.